The van der Waals surface area contributed by atoms with E-state index in [9.17, 15) is 9.59 Å². The summed E-state index contributed by atoms with van der Waals surface area (Å²) in [7, 11) is 0. The van der Waals surface area contributed by atoms with Gasteiger partial charge in [-0.15, -0.1) is 0 Å². The Morgan fingerprint density at radius 1 is 1.40 bits per heavy atom. The molecule has 2 saturated heterocycles. The molecule has 2 N–H and O–H groups in total. The topological polar surface area (TPSA) is 61.4 Å². The van der Waals surface area contributed by atoms with E-state index in [-0.39, 0.29) is 11.8 Å². The molecule has 0 aliphatic carbocycles. The molecule has 0 saturated carbocycles. The molecule has 15 heavy (non-hydrogen) atoms. The molecule has 5 heteroatoms. The van der Waals surface area contributed by atoms with Crippen molar-refractivity contribution in [2.45, 2.75) is 31.8 Å². The van der Waals surface area contributed by atoms with Crippen molar-refractivity contribution < 1.29 is 9.59 Å². The number of nitrogens with zero attached hydrogens (tertiary/aromatic N) is 1. The van der Waals surface area contributed by atoms with Gasteiger partial charge in [0.1, 0.15) is 0 Å². The number of imide groups is 1. The third kappa shape index (κ3) is 1.77. The molecule has 2 aliphatic rings. The lowest BCUT2D eigenvalue weighted by molar-refractivity contribution is -0.147. The maximum atomic E-state index is 11.7. The van der Waals surface area contributed by atoms with Crippen LogP contribution in [0.3, 0.4) is 0 Å². The number of rotatable bonds is 1. The van der Waals surface area contributed by atoms with Gasteiger partial charge < -0.3 is 5.32 Å². The maximum Gasteiger partial charge on any atom is 0.246 e. The van der Waals surface area contributed by atoms with Gasteiger partial charge >= 0.3 is 0 Å². The highest BCUT2D eigenvalue weighted by atomic mass is 16.2. The number of amides is 2. The van der Waals surface area contributed by atoms with Gasteiger partial charge in [0.25, 0.3) is 0 Å². The van der Waals surface area contributed by atoms with Crippen LogP contribution in [0, 0.1) is 0 Å². The molecule has 2 aliphatic heterocycles. The van der Waals surface area contributed by atoms with Crippen molar-refractivity contribution in [3.8, 4) is 0 Å². The summed E-state index contributed by atoms with van der Waals surface area (Å²) in [5.74, 6) is -0.378. The standard InChI is InChI=1S/C10H17N3O2/c1-10(2)9(15)12-8(14)6-13(10)7-3-4-11-5-7/h7,11H,3-6H2,1-2H3,(H,12,14,15). The maximum absolute atomic E-state index is 11.7. The predicted octanol–water partition coefficient (Wildman–Crippen LogP) is -0.915. The molecule has 2 amide bonds. The third-order valence-corrected chi connectivity index (χ3v) is 3.32. The highest BCUT2D eigenvalue weighted by Gasteiger charge is 2.44. The van der Waals surface area contributed by atoms with Gasteiger partial charge in [-0.25, -0.2) is 0 Å². The lowest BCUT2D eigenvalue weighted by Gasteiger charge is -2.43. The van der Waals surface area contributed by atoms with Crippen LogP contribution in [0.1, 0.15) is 20.3 Å². The largest absolute Gasteiger partial charge is 0.315 e. The predicted molar refractivity (Wildman–Crippen MR) is 55.2 cm³/mol. The lowest BCUT2D eigenvalue weighted by atomic mass is 9.96. The van der Waals surface area contributed by atoms with Crippen LogP contribution >= 0.6 is 0 Å². The van der Waals surface area contributed by atoms with Crippen molar-refractivity contribution in [2.75, 3.05) is 19.6 Å². The van der Waals surface area contributed by atoms with Crippen LogP contribution in [0.15, 0.2) is 0 Å². The van der Waals surface area contributed by atoms with E-state index < -0.39 is 5.54 Å². The zero-order valence-electron chi connectivity index (χ0n) is 9.17. The first-order valence-corrected chi connectivity index (χ1v) is 5.33. The minimum absolute atomic E-state index is 0.189. The van der Waals surface area contributed by atoms with E-state index in [0.29, 0.717) is 12.6 Å². The molecule has 84 valence electrons. The molecule has 2 fully saturated rings. The monoisotopic (exact) mass is 211 g/mol. The molecular formula is C10H17N3O2. The Balaban J connectivity index is 2.19. The number of hydrogen-bond donors (Lipinski definition) is 2. The van der Waals surface area contributed by atoms with Gasteiger partial charge in [-0.1, -0.05) is 0 Å². The molecule has 0 bridgehead atoms. The summed E-state index contributed by atoms with van der Waals surface area (Å²) >= 11 is 0. The quantitative estimate of drug-likeness (QED) is 0.551. The van der Waals surface area contributed by atoms with Crippen molar-refractivity contribution >= 4 is 11.8 Å². The number of carbonyl (C=O) groups is 2. The van der Waals surface area contributed by atoms with E-state index in [1.54, 1.807) is 0 Å². The van der Waals surface area contributed by atoms with Gasteiger partial charge in [0, 0.05) is 12.6 Å². The van der Waals surface area contributed by atoms with Crippen LogP contribution < -0.4 is 10.6 Å². The summed E-state index contributed by atoms with van der Waals surface area (Å²) in [5.41, 5.74) is -0.579. The summed E-state index contributed by atoms with van der Waals surface area (Å²) in [4.78, 5) is 25.0. The smallest absolute Gasteiger partial charge is 0.246 e. The second-order valence-corrected chi connectivity index (χ2v) is 4.71. The van der Waals surface area contributed by atoms with E-state index in [1.807, 2.05) is 18.7 Å². The van der Waals surface area contributed by atoms with Gasteiger partial charge in [0.2, 0.25) is 11.8 Å². The molecule has 0 aromatic carbocycles. The molecule has 0 aromatic heterocycles. The Bertz CT molecular complexity index is 295. The van der Waals surface area contributed by atoms with Crippen molar-refractivity contribution in [2.24, 2.45) is 0 Å². The number of nitrogens with one attached hydrogen (secondary N) is 2. The summed E-state index contributed by atoms with van der Waals surface area (Å²) < 4.78 is 0. The molecule has 0 aromatic rings. The molecule has 2 rings (SSSR count). The van der Waals surface area contributed by atoms with Crippen molar-refractivity contribution in [1.29, 1.82) is 0 Å². The fourth-order valence-electron chi connectivity index (χ4n) is 2.29. The molecule has 2 heterocycles. The van der Waals surface area contributed by atoms with Crippen LogP contribution in [0.5, 0.6) is 0 Å². The molecular weight excluding hydrogens is 194 g/mol. The first-order chi connectivity index (χ1) is 7.01. The second-order valence-electron chi connectivity index (χ2n) is 4.71. The first-order valence-electron chi connectivity index (χ1n) is 5.33. The van der Waals surface area contributed by atoms with Crippen LogP contribution in [-0.4, -0.2) is 47.9 Å². The van der Waals surface area contributed by atoms with Crippen LogP contribution in [0.4, 0.5) is 0 Å². The molecule has 1 unspecified atom stereocenters. The van der Waals surface area contributed by atoms with Crippen molar-refractivity contribution in [1.82, 2.24) is 15.5 Å². The van der Waals surface area contributed by atoms with Crippen LogP contribution in [-0.2, 0) is 9.59 Å². The van der Waals surface area contributed by atoms with E-state index in [2.05, 4.69) is 10.6 Å². The molecule has 0 radical (unpaired) electrons. The SMILES string of the molecule is CC1(C)C(=O)NC(=O)CN1C1CCNC1. The minimum atomic E-state index is -0.579. The van der Waals surface area contributed by atoms with Gasteiger partial charge in [0.15, 0.2) is 0 Å². The average Bonchev–Trinajstić information content (AvgIpc) is 2.64. The number of hydrogen-bond acceptors (Lipinski definition) is 4. The lowest BCUT2D eigenvalue weighted by Crippen LogP contribution is -2.66. The van der Waals surface area contributed by atoms with E-state index in [4.69, 9.17) is 0 Å². The Morgan fingerprint density at radius 3 is 2.73 bits per heavy atom. The Labute approximate surface area is 89.2 Å². The van der Waals surface area contributed by atoms with Gasteiger partial charge in [0.05, 0.1) is 12.1 Å². The highest BCUT2D eigenvalue weighted by Crippen LogP contribution is 2.23. The Hall–Kier alpha value is -0.940. The van der Waals surface area contributed by atoms with Crippen LogP contribution in [0.2, 0.25) is 0 Å². The average molecular weight is 211 g/mol. The van der Waals surface area contributed by atoms with Gasteiger partial charge in [-0.05, 0) is 26.8 Å². The number of piperazine rings is 1. The normalized spacial score (nSPS) is 31.7. The molecule has 5 nitrogen and oxygen atoms in total. The number of carbonyl (C=O) groups excluding carboxylic acids is 2. The van der Waals surface area contributed by atoms with E-state index in [0.717, 1.165) is 19.5 Å². The van der Waals surface area contributed by atoms with E-state index >= 15 is 0 Å². The summed E-state index contributed by atoms with van der Waals surface area (Å²) in [6, 6.07) is 0.301. The first kappa shape index (κ1) is 10.6. The van der Waals surface area contributed by atoms with Gasteiger partial charge in [-0.2, -0.15) is 0 Å². The summed E-state index contributed by atoms with van der Waals surface area (Å²) in [6.07, 6.45) is 1.00. The van der Waals surface area contributed by atoms with Crippen LogP contribution in [0.25, 0.3) is 0 Å². The Morgan fingerprint density at radius 2 is 2.13 bits per heavy atom. The van der Waals surface area contributed by atoms with Crippen molar-refractivity contribution in [3.05, 3.63) is 0 Å². The summed E-state index contributed by atoms with van der Waals surface area (Å²) in [6.45, 7) is 5.89. The fourth-order valence-corrected chi connectivity index (χ4v) is 2.29. The fraction of sp³-hybridized carbons (Fsp3) is 0.800. The van der Waals surface area contributed by atoms with Gasteiger partial charge in [-0.3, -0.25) is 19.8 Å². The molecule has 0 spiro atoms. The van der Waals surface area contributed by atoms with Crippen molar-refractivity contribution in [3.63, 3.8) is 0 Å². The minimum Gasteiger partial charge on any atom is -0.315 e. The molecule has 1 atom stereocenters. The Kier molecular flexibility index (Phi) is 2.52. The van der Waals surface area contributed by atoms with E-state index in [1.165, 1.54) is 0 Å². The summed E-state index contributed by atoms with van der Waals surface area (Å²) in [5, 5.41) is 5.64. The third-order valence-electron chi connectivity index (χ3n) is 3.32. The zero-order chi connectivity index (χ0) is 11.1. The highest BCUT2D eigenvalue weighted by molar-refractivity contribution is 6.03. The second kappa shape index (κ2) is 3.57. The zero-order valence-corrected chi connectivity index (χ0v) is 9.17.